The second-order valence-corrected chi connectivity index (χ2v) is 11.5. The van der Waals surface area contributed by atoms with Gasteiger partial charge in [0.2, 0.25) is 0 Å². The van der Waals surface area contributed by atoms with E-state index in [-0.39, 0.29) is 0 Å². The Balaban J connectivity index is 1.97. The Bertz CT molecular complexity index is 684. The molecule has 1 aromatic heterocycles. The van der Waals surface area contributed by atoms with Gasteiger partial charge < -0.3 is 0 Å². The molecule has 0 aliphatic rings. The monoisotopic (exact) mass is 317 g/mol. The zero-order valence-electron chi connectivity index (χ0n) is 13.8. The Labute approximate surface area is 140 Å². The lowest BCUT2D eigenvalue weighted by Crippen LogP contribution is -2.42. The molecule has 1 nitrogen and oxygen atoms in total. The van der Waals surface area contributed by atoms with Crippen LogP contribution in [0.1, 0.15) is 17.0 Å². The highest BCUT2D eigenvalue weighted by atomic mass is 28.3. The largest absolute Gasteiger partial charge is 0.265 e. The van der Waals surface area contributed by atoms with Gasteiger partial charge in [-0.15, -0.1) is 0 Å². The van der Waals surface area contributed by atoms with Crippen molar-refractivity contribution in [3.8, 4) is 0 Å². The second-order valence-electron chi connectivity index (χ2n) is 6.70. The lowest BCUT2D eigenvalue weighted by molar-refractivity contribution is 0.897. The maximum atomic E-state index is 4.19. The van der Waals surface area contributed by atoms with E-state index in [1.54, 1.807) is 0 Å². The Kier molecular flexibility index (Phi) is 4.72. The second kappa shape index (κ2) is 6.92. The van der Waals surface area contributed by atoms with Crippen LogP contribution in [0.25, 0.3) is 0 Å². The van der Waals surface area contributed by atoms with Crippen LogP contribution in [0.4, 0.5) is 0 Å². The molecule has 1 unspecified atom stereocenters. The molecule has 2 heteroatoms. The van der Waals surface area contributed by atoms with E-state index in [1.165, 1.54) is 22.4 Å². The summed E-state index contributed by atoms with van der Waals surface area (Å²) in [5, 5.41) is 1.52. The molecule has 2 aromatic carbocycles. The lowest BCUT2D eigenvalue weighted by Gasteiger charge is -2.29. The number of benzene rings is 2. The van der Waals surface area contributed by atoms with Crippen LogP contribution < -0.4 is 5.19 Å². The predicted octanol–water partition coefficient (Wildman–Crippen LogP) is 4.83. The molecule has 0 spiro atoms. The van der Waals surface area contributed by atoms with Gasteiger partial charge in [-0.05, 0) is 29.3 Å². The van der Waals surface area contributed by atoms with E-state index >= 15 is 0 Å². The topological polar surface area (TPSA) is 12.9 Å². The average molecular weight is 318 g/mol. The molecule has 0 bridgehead atoms. The van der Waals surface area contributed by atoms with Gasteiger partial charge in [-0.1, -0.05) is 78.9 Å². The quantitative estimate of drug-likeness (QED) is 0.614. The van der Waals surface area contributed by atoms with Crippen molar-refractivity contribution in [2.45, 2.75) is 25.1 Å². The van der Waals surface area contributed by atoms with Crippen molar-refractivity contribution >= 4 is 13.3 Å². The minimum absolute atomic E-state index is 0.432. The summed E-state index contributed by atoms with van der Waals surface area (Å²) in [6.45, 7) is 4.94. The van der Waals surface area contributed by atoms with Crippen molar-refractivity contribution in [1.82, 2.24) is 4.98 Å². The summed E-state index contributed by atoms with van der Waals surface area (Å²) in [5.74, 6) is 0.432. The van der Waals surface area contributed by atoms with Crippen LogP contribution in [0.2, 0.25) is 19.1 Å². The Hall–Kier alpha value is -2.19. The molecule has 0 radical (unpaired) electrons. The van der Waals surface area contributed by atoms with E-state index < -0.39 is 8.07 Å². The van der Waals surface area contributed by atoms with Gasteiger partial charge in [0.25, 0.3) is 0 Å². The van der Waals surface area contributed by atoms with Crippen molar-refractivity contribution in [2.24, 2.45) is 0 Å². The summed E-state index contributed by atoms with van der Waals surface area (Å²) in [7, 11) is -1.53. The maximum absolute atomic E-state index is 4.19. The zero-order chi connectivity index (χ0) is 16.1. The number of hydrogen-bond acceptors (Lipinski definition) is 1. The van der Waals surface area contributed by atoms with Crippen molar-refractivity contribution < 1.29 is 0 Å². The van der Waals surface area contributed by atoms with Gasteiger partial charge in [0.1, 0.15) is 0 Å². The fourth-order valence-electron chi connectivity index (χ4n) is 3.23. The molecule has 0 fully saturated rings. The molecule has 0 aliphatic carbocycles. The van der Waals surface area contributed by atoms with Gasteiger partial charge in [-0.3, -0.25) is 4.98 Å². The molecular weight excluding hydrogens is 294 g/mol. The van der Waals surface area contributed by atoms with Crippen LogP contribution in [-0.2, 0) is 0 Å². The summed E-state index contributed by atoms with van der Waals surface area (Å²) in [4.78, 5) is 4.19. The summed E-state index contributed by atoms with van der Waals surface area (Å²) < 4.78 is 0. The minimum atomic E-state index is -1.53. The third kappa shape index (κ3) is 3.77. The third-order valence-electron chi connectivity index (χ3n) is 4.58. The summed E-state index contributed by atoms with van der Waals surface area (Å²) in [6, 6.07) is 27.4. The highest BCUT2D eigenvalue weighted by Crippen LogP contribution is 2.32. The first-order valence-electron chi connectivity index (χ1n) is 8.17. The van der Waals surface area contributed by atoms with Crippen molar-refractivity contribution in [2.75, 3.05) is 0 Å². The molecule has 0 saturated carbocycles. The van der Waals surface area contributed by atoms with Crippen molar-refractivity contribution in [1.29, 1.82) is 0 Å². The van der Waals surface area contributed by atoms with E-state index in [1.807, 2.05) is 12.4 Å². The third-order valence-corrected chi connectivity index (χ3v) is 7.91. The Morgan fingerprint density at radius 1 is 0.739 bits per heavy atom. The van der Waals surface area contributed by atoms with Crippen LogP contribution in [0.15, 0.2) is 85.2 Å². The number of aromatic nitrogens is 1. The summed E-state index contributed by atoms with van der Waals surface area (Å²) in [6.07, 6.45) is 3.81. The molecule has 0 amide bonds. The number of hydrogen-bond donors (Lipinski definition) is 0. The zero-order valence-corrected chi connectivity index (χ0v) is 14.8. The summed E-state index contributed by atoms with van der Waals surface area (Å²) >= 11 is 0. The Morgan fingerprint density at radius 2 is 1.26 bits per heavy atom. The van der Waals surface area contributed by atoms with Gasteiger partial charge in [0.05, 0.1) is 8.07 Å². The van der Waals surface area contributed by atoms with Gasteiger partial charge in [-0.25, -0.2) is 0 Å². The minimum Gasteiger partial charge on any atom is -0.265 e. The molecule has 3 rings (SSSR count). The van der Waals surface area contributed by atoms with E-state index in [0.29, 0.717) is 5.92 Å². The van der Waals surface area contributed by atoms with Gasteiger partial charge >= 0.3 is 0 Å². The molecule has 23 heavy (non-hydrogen) atoms. The van der Waals surface area contributed by atoms with E-state index in [2.05, 4.69) is 90.9 Å². The maximum Gasteiger partial charge on any atom is 0.0815 e. The molecular formula is C21H23NSi. The number of nitrogens with zero attached hydrogens (tertiary/aromatic N) is 1. The van der Waals surface area contributed by atoms with Crippen LogP contribution in [0, 0.1) is 0 Å². The first-order valence-corrected chi connectivity index (χ1v) is 11.4. The number of pyridine rings is 1. The van der Waals surface area contributed by atoms with Gasteiger partial charge in [0.15, 0.2) is 0 Å². The highest BCUT2D eigenvalue weighted by Gasteiger charge is 2.29. The van der Waals surface area contributed by atoms with Gasteiger partial charge in [-0.2, -0.15) is 0 Å². The highest BCUT2D eigenvalue weighted by molar-refractivity contribution is 6.89. The fourth-order valence-corrected chi connectivity index (χ4v) is 6.05. The molecule has 116 valence electrons. The smallest absolute Gasteiger partial charge is 0.0815 e. The average Bonchev–Trinajstić information content (AvgIpc) is 2.62. The first-order chi connectivity index (χ1) is 11.2. The SMILES string of the molecule is C[Si](C)(CC(c1ccccc1)c1ccncc1)c1ccccc1. The Morgan fingerprint density at radius 3 is 1.87 bits per heavy atom. The van der Waals surface area contributed by atoms with Crippen LogP contribution in [0.3, 0.4) is 0 Å². The standard InChI is InChI=1S/C21H23NSi/c1-23(2,20-11-7-4-8-12-20)17-21(18-9-5-3-6-10-18)19-13-15-22-16-14-19/h3-16,21H,17H2,1-2H3. The predicted molar refractivity (Wildman–Crippen MR) is 101 cm³/mol. The van der Waals surface area contributed by atoms with Crippen LogP contribution in [0.5, 0.6) is 0 Å². The van der Waals surface area contributed by atoms with Crippen molar-refractivity contribution in [3.63, 3.8) is 0 Å². The number of rotatable bonds is 5. The van der Waals surface area contributed by atoms with Gasteiger partial charge in [0, 0.05) is 18.3 Å². The lowest BCUT2D eigenvalue weighted by atomic mass is 9.94. The summed E-state index contributed by atoms with van der Waals surface area (Å²) in [5.41, 5.74) is 2.76. The molecule has 1 heterocycles. The molecule has 0 N–H and O–H groups in total. The molecule has 1 atom stereocenters. The first kappa shape index (κ1) is 15.7. The van der Waals surface area contributed by atoms with Crippen molar-refractivity contribution in [3.05, 3.63) is 96.3 Å². The molecule has 3 aromatic rings. The van der Waals surface area contributed by atoms with Crippen LogP contribution >= 0.6 is 0 Å². The normalized spacial score (nSPS) is 12.8. The van der Waals surface area contributed by atoms with E-state index in [4.69, 9.17) is 0 Å². The fraction of sp³-hybridized carbons (Fsp3) is 0.190. The van der Waals surface area contributed by atoms with E-state index in [0.717, 1.165) is 0 Å². The van der Waals surface area contributed by atoms with Crippen LogP contribution in [-0.4, -0.2) is 13.1 Å². The molecule has 0 aliphatic heterocycles. The van der Waals surface area contributed by atoms with E-state index in [9.17, 15) is 0 Å². The molecule has 0 saturated heterocycles.